The van der Waals surface area contributed by atoms with Gasteiger partial charge in [-0.2, -0.15) is 5.10 Å². The number of hydrazone groups is 1. The predicted octanol–water partition coefficient (Wildman–Crippen LogP) is 3.86. The molecule has 23 heavy (non-hydrogen) atoms. The molecule has 4 heteroatoms. The maximum atomic E-state index is 4.79. The van der Waals surface area contributed by atoms with Crippen LogP contribution in [0, 0.1) is 13.8 Å². The predicted molar refractivity (Wildman–Crippen MR) is 94.0 cm³/mol. The molecular formula is C19H18N4. The van der Waals surface area contributed by atoms with Crippen LogP contribution in [0.15, 0.2) is 53.6 Å². The molecule has 0 amide bonds. The number of nitrogens with zero attached hydrogens (tertiary/aromatic N) is 4. The summed E-state index contributed by atoms with van der Waals surface area (Å²) in [6.45, 7) is 4.80. The average Bonchev–Trinajstić information content (AvgIpc) is 3.03. The molecule has 0 N–H and O–H groups in total. The third kappa shape index (κ3) is 2.57. The second-order valence-corrected chi connectivity index (χ2v) is 5.90. The van der Waals surface area contributed by atoms with Crippen molar-refractivity contribution in [2.45, 2.75) is 20.3 Å². The standard InChI is InChI=1S/C19H18N4/c1-13-12-14(2)21-19(20-13)23-11-10-18(22-23)17-9-5-7-15-6-3-4-8-16(15)17/h3-9,12H,10-11H2,1-2H3. The first kappa shape index (κ1) is 13.9. The van der Waals surface area contributed by atoms with Gasteiger partial charge in [0.05, 0.1) is 12.3 Å². The van der Waals surface area contributed by atoms with Gasteiger partial charge >= 0.3 is 0 Å². The number of hydrogen-bond donors (Lipinski definition) is 0. The molecule has 2 aromatic carbocycles. The smallest absolute Gasteiger partial charge is 0.231 e. The molecule has 0 atom stereocenters. The molecular weight excluding hydrogens is 284 g/mol. The quantitative estimate of drug-likeness (QED) is 0.722. The molecule has 3 aromatic rings. The highest BCUT2D eigenvalue weighted by molar-refractivity contribution is 6.12. The Morgan fingerprint density at radius 1 is 0.913 bits per heavy atom. The number of anilines is 1. The van der Waals surface area contributed by atoms with E-state index in [1.54, 1.807) is 0 Å². The Balaban J connectivity index is 1.75. The van der Waals surface area contributed by atoms with Crippen LogP contribution >= 0.6 is 0 Å². The second kappa shape index (κ2) is 5.47. The Morgan fingerprint density at radius 3 is 2.48 bits per heavy atom. The zero-order valence-corrected chi connectivity index (χ0v) is 13.3. The highest BCUT2D eigenvalue weighted by atomic mass is 15.5. The highest BCUT2D eigenvalue weighted by Crippen LogP contribution is 2.24. The molecule has 0 spiro atoms. The first-order chi connectivity index (χ1) is 11.2. The highest BCUT2D eigenvalue weighted by Gasteiger charge is 2.20. The van der Waals surface area contributed by atoms with Crippen molar-refractivity contribution in [1.29, 1.82) is 0 Å². The summed E-state index contributed by atoms with van der Waals surface area (Å²) in [5.74, 6) is 0.692. The summed E-state index contributed by atoms with van der Waals surface area (Å²) in [4.78, 5) is 9.03. The largest absolute Gasteiger partial charge is 0.246 e. The van der Waals surface area contributed by atoms with Gasteiger partial charge in [-0.3, -0.25) is 0 Å². The number of aromatic nitrogens is 2. The topological polar surface area (TPSA) is 41.4 Å². The number of hydrogen-bond acceptors (Lipinski definition) is 4. The van der Waals surface area contributed by atoms with Crippen molar-refractivity contribution in [1.82, 2.24) is 9.97 Å². The Morgan fingerprint density at radius 2 is 1.65 bits per heavy atom. The van der Waals surface area contributed by atoms with Crippen molar-refractivity contribution in [3.8, 4) is 0 Å². The van der Waals surface area contributed by atoms with Crippen LogP contribution in [-0.2, 0) is 0 Å². The fourth-order valence-corrected chi connectivity index (χ4v) is 3.09. The summed E-state index contributed by atoms with van der Waals surface area (Å²) in [6.07, 6.45) is 0.907. The van der Waals surface area contributed by atoms with E-state index < -0.39 is 0 Å². The lowest BCUT2D eigenvalue weighted by molar-refractivity contribution is 0.849. The van der Waals surface area contributed by atoms with Crippen LogP contribution in [-0.4, -0.2) is 22.2 Å². The van der Waals surface area contributed by atoms with E-state index in [1.165, 1.54) is 16.3 Å². The summed E-state index contributed by atoms with van der Waals surface area (Å²) in [7, 11) is 0. The molecule has 1 aromatic heterocycles. The number of fused-ring (bicyclic) bond motifs is 1. The molecule has 4 rings (SSSR count). The van der Waals surface area contributed by atoms with Gasteiger partial charge in [0, 0.05) is 23.4 Å². The molecule has 4 nitrogen and oxygen atoms in total. The maximum Gasteiger partial charge on any atom is 0.246 e. The third-order valence-electron chi connectivity index (χ3n) is 4.10. The van der Waals surface area contributed by atoms with E-state index in [9.17, 15) is 0 Å². The minimum atomic E-state index is 0.692. The van der Waals surface area contributed by atoms with Gasteiger partial charge in [0.25, 0.3) is 0 Å². The van der Waals surface area contributed by atoms with Crippen molar-refractivity contribution >= 4 is 22.4 Å². The van der Waals surface area contributed by atoms with E-state index >= 15 is 0 Å². The number of aryl methyl sites for hydroxylation is 2. The van der Waals surface area contributed by atoms with Crippen molar-refractivity contribution < 1.29 is 0 Å². The minimum absolute atomic E-state index is 0.692. The average molecular weight is 302 g/mol. The lowest BCUT2D eigenvalue weighted by atomic mass is 10.00. The molecule has 1 aliphatic rings. The van der Waals surface area contributed by atoms with Crippen LogP contribution in [0.4, 0.5) is 5.95 Å². The van der Waals surface area contributed by atoms with E-state index in [-0.39, 0.29) is 0 Å². The molecule has 0 unspecified atom stereocenters. The van der Waals surface area contributed by atoms with Crippen molar-refractivity contribution in [2.24, 2.45) is 5.10 Å². The van der Waals surface area contributed by atoms with Gasteiger partial charge in [-0.1, -0.05) is 42.5 Å². The Kier molecular flexibility index (Phi) is 3.30. The van der Waals surface area contributed by atoms with Crippen LogP contribution in [0.1, 0.15) is 23.4 Å². The van der Waals surface area contributed by atoms with E-state index in [4.69, 9.17) is 5.10 Å². The monoisotopic (exact) mass is 302 g/mol. The molecule has 114 valence electrons. The molecule has 0 bridgehead atoms. The van der Waals surface area contributed by atoms with E-state index in [0.29, 0.717) is 5.95 Å². The molecule has 2 heterocycles. The van der Waals surface area contributed by atoms with Crippen molar-refractivity contribution in [3.63, 3.8) is 0 Å². The van der Waals surface area contributed by atoms with E-state index in [2.05, 4.69) is 52.4 Å². The van der Waals surface area contributed by atoms with Gasteiger partial charge < -0.3 is 0 Å². The summed E-state index contributed by atoms with van der Waals surface area (Å²) in [5, 5.41) is 9.19. The zero-order valence-electron chi connectivity index (χ0n) is 13.3. The molecule has 0 fully saturated rings. The van der Waals surface area contributed by atoms with Crippen molar-refractivity contribution in [2.75, 3.05) is 11.6 Å². The molecule has 0 saturated heterocycles. The van der Waals surface area contributed by atoms with Gasteiger partial charge in [-0.05, 0) is 30.7 Å². The van der Waals surface area contributed by atoms with Crippen LogP contribution in [0.2, 0.25) is 0 Å². The van der Waals surface area contributed by atoms with Crippen LogP contribution in [0.5, 0.6) is 0 Å². The fraction of sp³-hybridized carbons (Fsp3) is 0.211. The van der Waals surface area contributed by atoms with Crippen molar-refractivity contribution in [3.05, 3.63) is 65.5 Å². The summed E-state index contributed by atoms with van der Waals surface area (Å²) >= 11 is 0. The Bertz CT molecular complexity index is 889. The first-order valence-corrected chi connectivity index (χ1v) is 7.86. The molecule has 0 saturated carbocycles. The first-order valence-electron chi connectivity index (χ1n) is 7.86. The molecule has 1 aliphatic heterocycles. The van der Waals surface area contributed by atoms with Gasteiger partial charge in [0.1, 0.15) is 0 Å². The summed E-state index contributed by atoms with van der Waals surface area (Å²) < 4.78 is 0. The fourth-order valence-electron chi connectivity index (χ4n) is 3.09. The van der Waals surface area contributed by atoms with Gasteiger partial charge in [-0.15, -0.1) is 0 Å². The third-order valence-corrected chi connectivity index (χ3v) is 4.10. The molecule has 0 aliphatic carbocycles. The zero-order chi connectivity index (χ0) is 15.8. The maximum absolute atomic E-state index is 4.79. The van der Waals surface area contributed by atoms with E-state index in [1.807, 2.05) is 24.9 Å². The van der Waals surface area contributed by atoms with Gasteiger partial charge in [0.15, 0.2) is 0 Å². The normalized spacial score (nSPS) is 14.3. The minimum Gasteiger partial charge on any atom is -0.231 e. The lowest BCUT2D eigenvalue weighted by Crippen LogP contribution is -2.16. The van der Waals surface area contributed by atoms with Gasteiger partial charge in [0.2, 0.25) is 5.95 Å². The summed E-state index contributed by atoms with van der Waals surface area (Å²) in [6, 6.07) is 16.8. The summed E-state index contributed by atoms with van der Waals surface area (Å²) in [5.41, 5.74) is 4.25. The van der Waals surface area contributed by atoms with E-state index in [0.717, 1.165) is 30.1 Å². The van der Waals surface area contributed by atoms with Gasteiger partial charge in [-0.25, -0.2) is 15.0 Å². The van der Waals surface area contributed by atoms with Crippen LogP contribution < -0.4 is 5.01 Å². The number of benzene rings is 2. The SMILES string of the molecule is Cc1cc(C)nc(N2CCC(c3cccc4ccccc34)=N2)n1. The Labute approximate surface area is 135 Å². The van der Waals surface area contributed by atoms with Crippen LogP contribution in [0.25, 0.3) is 10.8 Å². The second-order valence-electron chi connectivity index (χ2n) is 5.90. The number of rotatable bonds is 2. The Hall–Kier alpha value is -2.75. The lowest BCUT2D eigenvalue weighted by Gasteiger charge is -2.12. The van der Waals surface area contributed by atoms with Crippen LogP contribution in [0.3, 0.4) is 0 Å². The molecule has 0 radical (unpaired) electrons.